The molecule has 0 saturated heterocycles. The summed E-state index contributed by atoms with van der Waals surface area (Å²) in [6.07, 6.45) is 3.33. The number of hydrogen-bond acceptors (Lipinski definition) is 1. The highest BCUT2D eigenvalue weighted by atomic mass is 19.1. The lowest BCUT2D eigenvalue weighted by molar-refractivity contribution is 0.392. The summed E-state index contributed by atoms with van der Waals surface area (Å²) in [4.78, 5) is 0. The Morgan fingerprint density at radius 2 is 2.06 bits per heavy atom. The van der Waals surface area contributed by atoms with E-state index in [9.17, 15) is 4.39 Å². The molecule has 0 aliphatic heterocycles. The third kappa shape index (κ3) is 2.52. The normalized spacial score (nSPS) is 23.8. The molecule has 0 amide bonds. The minimum absolute atomic E-state index is 0.116. The molecule has 1 aliphatic rings. The average molecular weight is 235 g/mol. The Kier molecular flexibility index (Phi) is 3.82. The van der Waals surface area contributed by atoms with E-state index in [-0.39, 0.29) is 5.82 Å². The monoisotopic (exact) mass is 235 g/mol. The van der Waals surface area contributed by atoms with Gasteiger partial charge >= 0.3 is 0 Å². The molecular weight excluding hydrogens is 213 g/mol. The van der Waals surface area contributed by atoms with Gasteiger partial charge in [0.1, 0.15) is 5.82 Å². The summed E-state index contributed by atoms with van der Waals surface area (Å²) in [5.74, 6) is 1.55. The second-order valence-corrected chi connectivity index (χ2v) is 5.48. The summed E-state index contributed by atoms with van der Waals surface area (Å²) in [5.41, 5.74) is 8.22. The minimum atomic E-state index is -0.116. The van der Waals surface area contributed by atoms with E-state index in [0.717, 1.165) is 12.8 Å². The van der Waals surface area contributed by atoms with Gasteiger partial charge in [0.25, 0.3) is 0 Å². The average Bonchev–Trinajstić information content (AvgIpc) is 2.29. The van der Waals surface area contributed by atoms with Gasteiger partial charge < -0.3 is 5.73 Å². The molecule has 2 rings (SSSR count). The zero-order valence-corrected chi connectivity index (χ0v) is 10.7. The van der Waals surface area contributed by atoms with Crippen molar-refractivity contribution in [1.29, 1.82) is 0 Å². The van der Waals surface area contributed by atoms with Gasteiger partial charge in [-0.3, -0.25) is 0 Å². The van der Waals surface area contributed by atoms with E-state index in [2.05, 4.69) is 13.8 Å². The van der Waals surface area contributed by atoms with Crippen LogP contribution in [0.25, 0.3) is 0 Å². The van der Waals surface area contributed by atoms with Gasteiger partial charge in [0.2, 0.25) is 0 Å². The molecule has 0 saturated carbocycles. The summed E-state index contributed by atoms with van der Waals surface area (Å²) in [7, 11) is 0. The van der Waals surface area contributed by atoms with Crippen LogP contribution >= 0.6 is 0 Å². The van der Waals surface area contributed by atoms with Crippen LogP contribution in [0.3, 0.4) is 0 Å². The third-order valence-corrected chi connectivity index (χ3v) is 4.03. The van der Waals surface area contributed by atoms with Crippen LogP contribution in [0.5, 0.6) is 0 Å². The van der Waals surface area contributed by atoms with E-state index in [4.69, 9.17) is 5.73 Å². The highest BCUT2D eigenvalue weighted by Gasteiger charge is 2.28. The molecule has 2 heteroatoms. The Morgan fingerprint density at radius 1 is 1.29 bits per heavy atom. The predicted octanol–water partition coefficient (Wildman–Crippen LogP) is 3.79. The van der Waals surface area contributed by atoms with Crippen LogP contribution in [0.2, 0.25) is 0 Å². The van der Waals surface area contributed by atoms with Crippen LogP contribution in [0.4, 0.5) is 4.39 Å². The third-order valence-electron chi connectivity index (χ3n) is 4.03. The molecule has 0 heterocycles. The SMILES string of the molecule is CC(C)C1CCC(CCN)c2cc(F)ccc21. The van der Waals surface area contributed by atoms with E-state index in [1.54, 1.807) is 12.1 Å². The Hall–Kier alpha value is -0.890. The molecule has 17 heavy (non-hydrogen) atoms. The number of fused-ring (bicyclic) bond motifs is 1. The summed E-state index contributed by atoms with van der Waals surface area (Å²) < 4.78 is 13.4. The van der Waals surface area contributed by atoms with Crippen LogP contribution in [0.15, 0.2) is 18.2 Å². The summed E-state index contributed by atoms with van der Waals surface area (Å²) in [6.45, 7) is 5.19. The second-order valence-electron chi connectivity index (χ2n) is 5.48. The standard InChI is InChI=1S/C15H22FN/c1-10(2)13-5-3-11(7-8-17)15-9-12(16)4-6-14(13)15/h4,6,9-11,13H,3,5,7-8,17H2,1-2H3. The first-order valence-corrected chi connectivity index (χ1v) is 6.63. The topological polar surface area (TPSA) is 26.0 Å². The van der Waals surface area contributed by atoms with Gasteiger partial charge in [0.15, 0.2) is 0 Å². The van der Waals surface area contributed by atoms with Crippen molar-refractivity contribution >= 4 is 0 Å². The number of halogens is 1. The highest BCUT2D eigenvalue weighted by Crippen LogP contribution is 2.43. The van der Waals surface area contributed by atoms with Crippen molar-refractivity contribution in [2.24, 2.45) is 11.7 Å². The summed E-state index contributed by atoms with van der Waals surface area (Å²) in [6, 6.07) is 5.31. The molecule has 2 atom stereocenters. The Bertz CT molecular complexity index is 387. The lowest BCUT2D eigenvalue weighted by Crippen LogP contribution is -2.20. The Balaban J connectivity index is 2.38. The number of hydrogen-bond donors (Lipinski definition) is 1. The molecule has 0 fully saturated rings. The molecule has 2 N–H and O–H groups in total. The molecule has 94 valence electrons. The van der Waals surface area contributed by atoms with Crippen LogP contribution in [-0.2, 0) is 0 Å². The van der Waals surface area contributed by atoms with E-state index in [0.29, 0.717) is 24.3 Å². The lowest BCUT2D eigenvalue weighted by atomic mass is 9.71. The zero-order valence-electron chi connectivity index (χ0n) is 10.7. The lowest BCUT2D eigenvalue weighted by Gasteiger charge is -2.33. The molecule has 0 bridgehead atoms. The van der Waals surface area contributed by atoms with Crippen molar-refractivity contribution < 1.29 is 4.39 Å². The van der Waals surface area contributed by atoms with Gasteiger partial charge in [-0.25, -0.2) is 4.39 Å². The van der Waals surface area contributed by atoms with E-state index in [1.165, 1.54) is 17.5 Å². The fraction of sp³-hybridized carbons (Fsp3) is 0.600. The molecular formula is C15H22FN. The zero-order chi connectivity index (χ0) is 12.4. The van der Waals surface area contributed by atoms with Crippen LogP contribution in [-0.4, -0.2) is 6.54 Å². The molecule has 1 aromatic carbocycles. The van der Waals surface area contributed by atoms with Crippen LogP contribution in [0, 0.1) is 11.7 Å². The molecule has 1 aromatic rings. The number of nitrogens with two attached hydrogens (primary N) is 1. The van der Waals surface area contributed by atoms with Gasteiger partial charge in [-0.1, -0.05) is 19.9 Å². The van der Waals surface area contributed by atoms with E-state index < -0.39 is 0 Å². The van der Waals surface area contributed by atoms with E-state index in [1.807, 2.05) is 6.07 Å². The van der Waals surface area contributed by atoms with Crippen molar-refractivity contribution in [1.82, 2.24) is 0 Å². The Labute approximate surface area is 103 Å². The molecule has 2 unspecified atom stereocenters. The first-order chi connectivity index (χ1) is 8.13. The maximum Gasteiger partial charge on any atom is 0.123 e. The molecule has 0 spiro atoms. The van der Waals surface area contributed by atoms with Gasteiger partial charge in [0.05, 0.1) is 0 Å². The number of benzene rings is 1. The Morgan fingerprint density at radius 3 is 2.71 bits per heavy atom. The van der Waals surface area contributed by atoms with Crippen LogP contribution < -0.4 is 5.73 Å². The summed E-state index contributed by atoms with van der Waals surface area (Å²) in [5, 5.41) is 0. The smallest absolute Gasteiger partial charge is 0.123 e. The van der Waals surface area contributed by atoms with Gasteiger partial charge in [-0.2, -0.15) is 0 Å². The molecule has 1 nitrogen and oxygen atoms in total. The quantitative estimate of drug-likeness (QED) is 0.847. The van der Waals surface area contributed by atoms with Crippen molar-refractivity contribution in [2.75, 3.05) is 6.54 Å². The first kappa shape index (κ1) is 12.6. The van der Waals surface area contributed by atoms with E-state index >= 15 is 0 Å². The fourth-order valence-electron chi connectivity index (χ4n) is 3.12. The van der Waals surface area contributed by atoms with Gasteiger partial charge in [-0.15, -0.1) is 0 Å². The van der Waals surface area contributed by atoms with Gasteiger partial charge in [-0.05, 0) is 66.8 Å². The highest BCUT2D eigenvalue weighted by molar-refractivity contribution is 5.36. The predicted molar refractivity (Wildman–Crippen MR) is 69.6 cm³/mol. The van der Waals surface area contributed by atoms with Crippen LogP contribution in [0.1, 0.15) is 56.1 Å². The molecule has 1 aliphatic carbocycles. The maximum atomic E-state index is 13.4. The fourth-order valence-corrected chi connectivity index (χ4v) is 3.12. The van der Waals surface area contributed by atoms with Gasteiger partial charge in [0, 0.05) is 0 Å². The van der Waals surface area contributed by atoms with Crippen molar-refractivity contribution in [3.8, 4) is 0 Å². The van der Waals surface area contributed by atoms with Crippen molar-refractivity contribution in [3.63, 3.8) is 0 Å². The molecule has 0 radical (unpaired) electrons. The molecule has 0 aromatic heterocycles. The summed E-state index contributed by atoms with van der Waals surface area (Å²) >= 11 is 0. The van der Waals surface area contributed by atoms with Crippen molar-refractivity contribution in [2.45, 2.75) is 44.9 Å². The minimum Gasteiger partial charge on any atom is -0.330 e. The maximum absolute atomic E-state index is 13.4. The second kappa shape index (κ2) is 5.18. The van der Waals surface area contributed by atoms with Crippen molar-refractivity contribution in [3.05, 3.63) is 35.1 Å². The largest absolute Gasteiger partial charge is 0.330 e. The number of rotatable bonds is 3. The first-order valence-electron chi connectivity index (χ1n) is 6.63.